The van der Waals surface area contributed by atoms with Crippen LogP contribution in [0.25, 0.3) is 0 Å². The summed E-state index contributed by atoms with van der Waals surface area (Å²) < 4.78 is 79.7. The molecule has 0 aromatic carbocycles. The molecule has 1 unspecified atom stereocenters. The van der Waals surface area contributed by atoms with E-state index < -0.39 is 60.3 Å². The van der Waals surface area contributed by atoms with Gasteiger partial charge in [-0.15, -0.1) is 0 Å². The molecule has 1 amide bonds. The van der Waals surface area contributed by atoms with E-state index in [9.17, 15) is 41.0 Å². The second-order valence-corrected chi connectivity index (χ2v) is 6.17. The van der Waals surface area contributed by atoms with Crippen LogP contribution in [0.2, 0.25) is 0 Å². The Morgan fingerprint density at radius 3 is 2.38 bits per heavy atom. The molecular formula is C16H16F6N4O3. The van der Waals surface area contributed by atoms with Crippen molar-refractivity contribution in [1.29, 1.82) is 0 Å². The monoisotopic (exact) mass is 426 g/mol. The van der Waals surface area contributed by atoms with E-state index in [2.05, 4.69) is 4.98 Å². The molecule has 29 heavy (non-hydrogen) atoms. The highest BCUT2D eigenvalue weighted by atomic mass is 19.4. The third kappa shape index (κ3) is 4.78. The minimum absolute atomic E-state index is 0.479. The van der Waals surface area contributed by atoms with Crippen LogP contribution >= 0.6 is 0 Å². The Kier molecular flexibility index (Phi) is 6.11. The normalized spacial score (nSPS) is 14.5. The van der Waals surface area contributed by atoms with Crippen LogP contribution < -0.4 is 10.9 Å². The standard InChI is InChI=1S/C16H16F6N4O3/c1-25-8-6-24-13(25)14(29,16(20,21)22)4-5-23-11(27)9-26-7-2-3-10(12(26)28)15(17,18)19/h2-3,6-8,29H,4-5,9H2,1H3,(H,23,27). The smallest absolute Gasteiger partial charge is 0.374 e. The van der Waals surface area contributed by atoms with Crippen molar-refractivity contribution in [3.8, 4) is 0 Å². The van der Waals surface area contributed by atoms with Crippen LogP contribution in [0.4, 0.5) is 26.3 Å². The first-order valence-corrected chi connectivity index (χ1v) is 8.07. The first kappa shape index (κ1) is 22.5. The number of carbonyl (C=O) groups is 1. The van der Waals surface area contributed by atoms with Crippen LogP contribution in [0.5, 0.6) is 0 Å². The van der Waals surface area contributed by atoms with Gasteiger partial charge >= 0.3 is 12.4 Å². The summed E-state index contributed by atoms with van der Waals surface area (Å²) in [6.07, 6.45) is -7.81. The molecule has 1 atom stereocenters. The van der Waals surface area contributed by atoms with Crippen LogP contribution in [0.1, 0.15) is 17.8 Å². The average molecular weight is 426 g/mol. The number of hydrogen-bond acceptors (Lipinski definition) is 4. The Morgan fingerprint density at radius 1 is 1.21 bits per heavy atom. The van der Waals surface area contributed by atoms with Crippen LogP contribution in [0.3, 0.4) is 0 Å². The van der Waals surface area contributed by atoms with Crippen molar-refractivity contribution in [2.75, 3.05) is 6.54 Å². The highest BCUT2D eigenvalue weighted by Crippen LogP contribution is 2.40. The Labute approximate surface area is 159 Å². The van der Waals surface area contributed by atoms with Crippen LogP contribution in [0, 0.1) is 0 Å². The van der Waals surface area contributed by atoms with E-state index >= 15 is 0 Å². The third-order valence-electron chi connectivity index (χ3n) is 4.11. The van der Waals surface area contributed by atoms with Gasteiger partial charge in [-0.05, 0) is 12.1 Å². The molecule has 0 spiro atoms. The molecule has 2 aromatic rings. The maximum absolute atomic E-state index is 13.4. The summed E-state index contributed by atoms with van der Waals surface area (Å²) in [4.78, 5) is 27.1. The summed E-state index contributed by atoms with van der Waals surface area (Å²) in [5.74, 6) is -1.69. The number of amides is 1. The molecule has 0 saturated carbocycles. The zero-order chi connectivity index (χ0) is 22.0. The lowest BCUT2D eigenvalue weighted by Crippen LogP contribution is -2.47. The van der Waals surface area contributed by atoms with E-state index in [0.29, 0.717) is 10.6 Å². The second kappa shape index (κ2) is 7.89. The van der Waals surface area contributed by atoms with E-state index in [1.54, 1.807) is 0 Å². The highest BCUT2D eigenvalue weighted by Gasteiger charge is 2.57. The zero-order valence-electron chi connectivity index (χ0n) is 14.9. The molecule has 2 N–H and O–H groups in total. The maximum Gasteiger partial charge on any atom is 0.424 e. The summed E-state index contributed by atoms with van der Waals surface area (Å²) in [5.41, 5.74) is -6.30. The summed E-state index contributed by atoms with van der Waals surface area (Å²) in [6, 6.07) is 1.47. The topological polar surface area (TPSA) is 89.2 Å². The number of carbonyl (C=O) groups excluding carboxylic acids is 1. The van der Waals surface area contributed by atoms with Gasteiger partial charge in [0.2, 0.25) is 11.5 Å². The van der Waals surface area contributed by atoms with Crippen molar-refractivity contribution in [3.05, 3.63) is 52.5 Å². The lowest BCUT2D eigenvalue weighted by Gasteiger charge is -2.30. The van der Waals surface area contributed by atoms with Gasteiger partial charge in [0, 0.05) is 38.6 Å². The summed E-state index contributed by atoms with van der Waals surface area (Å²) >= 11 is 0. The molecular weight excluding hydrogens is 410 g/mol. The third-order valence-corrected chi connectivity index (χ3v) is 4.11. The number of imidazole rings is 1. The predicted octanol–water partition coefficient (Wildman–Crippen LogP) is 1.56. The summed E-state index contributed by atoms with van der Waals surface area (Å²) in [5, 5.41) is 12.2. The van der Waals surface area contributed by atoms with Gasteiger partial charge in [-0.1, -0.05) is 0 Å². The Balaban J connectivity index is 2.08. The molecule has 7 nitrogen and oxygen atoms in total. The van der Waals surface area contributed by atoms with Crippen molar-refractivity contribution in [3.63, 3.8) is 0 Å². The van der Waals surface area contributed by atoms with Crippen molar-refractivity contribution < 1.29 is 36.2 Å². The van der Waals surface area contributed by atoms with E-state index in [-0.39, 0.29) is 0 Å². The van der Waals surface area contributed by atoms with Crippen LogP contribution in [0.15, 0.2) is 35.5 Å². The van der Waals surface area contributed by atoms with E-state index in [1.165, 1.54) is 13.2 Å². The van der Waals surface area contributed by atoms with E-state index in [4.69, 9.17) is 0 Å². The quantitative estimate of drug-likeness (QED) is 0.687. The van der Waals surface area contributed by atoms with Gasteiger partial charge in [0.15, 0.2) is 0 Å². The first-order chi connectivity index (χ1) is 13.3. The van der Waals surface area contributed by atoms with Gasteiger partial charge in [-0.25, -0.2) is 4.98 Å². The fourth-order valence-electron chi connectivity index (χ4n) is 2.61. The number of hydrogen-bond donors (Lipinski definition) is 2. The average Bonchev–Trinajstić information content (AvgIpc) is 3.01. The molecule has 2 rings (SSSR count). The van der Waals surface area contributed by atoms with Crippen LogP contribution in [-0.4, -0.2) is 37.9 Å². The Morgan fingerprint density at radius 2 is 1.86 bits per heavy atom. The number of nitrogens with zero attached hydrogens (tertiary/aromatic N) is 3. The van der Waals surface area contributed by atoms with Crippen molar-refractivity contribution in [2.24, 2.45) is 7.05 Å². The molecule has 2 aromatic heterocycles. The largest absolute Gasteiger partial charge is 0.424 e. The van der Waals surface area contributed by atoms with Crippen molar-refractivity contribution in [2.45, 2.75) is 30.9 Å². The molecule has 0 saturated heterocycles. The van der Waals surface area contributed by atoms with Gasteiger partial charge in [0.05, 0.1) is 0 Å². The fourth-order valence-corrected chi connectivity index (χ4v) is 2.61. The lowest BCUT2D eigenvalue weighted by molar-refractivity contribution is -0.272. The number of nitrogens with one attached hydrogen (secondary N) is 1. The lowest BCUT2D eigenvalue weighted by atomic mass is 9.97. The molecule has 0 bridgehead atoms. The van der Waals surface area contributed by atoms with Crippen molar-refractivity contribution >= 4 is 5.91 Å². The molecule has 0 aliphatic rings. The molecule has 13 heteroatoms. The number of aromatic nitrogens is 3. The number of pyridine rings is 1. The first-order valence-electron chi connectivity index (χ1n) is 8.07. The van der Waals surface area contributed by atoms with E-state index in [0.717, 1.165) is 23.0 Å². The van der Waals surface area contributed by atoms with E-state index in [1.807, 2.05) is 5.32 Å². The molecule has 0 aliphatic carbocycles. The summed E-state index contributed by atoms with van der Waals surface area (Å²) in [7, 11) is 1.25. The minimum atomic E-state index is -5.10. The second-order valence-electron chi connectivity index (χ2n) is 6.17. The number of aliphatic hydroxyl groups is 1. The molecule has 0 aliphatic heterocycles. The maximum atomic E-state index is 13.4. The molecule has 0 radical (unpaired) electrons. The van der Waals surface area contributed by atoms with Crippen LogP contribution in [-0.2, 0) is 30.2 Å². The van der Waals surface area contributed by atoms with Gasteiger partial charge in [0.25, 0.3) is 5.56 Å². The Bertz CT molecular complexity index is 934. The fraction of sp³-hybridized carbons (Fsp3) is 0.438. The molecule has 160 valence electrons. The van der Waals surface area contributed by atoms with Gasteiger partial charge in [0.1, 0.15) is 17.9 Å². The number of aryl methyl sites for hydroxylation is 1. The molecule has 0 fully saturated rings. The van der Waals surface area contributed by atoms with Gasteiger partial charge in [-0.3, -0.25) is 9.59 Å². The number of rotatable bonds is 6. The number of alkyl halides is 6. The van der Waals surface area contributed by atoms with Crippen molar-refractivity contribution in [1.82, 2.24) is 19.4 Å². The number of halogens is 6. The predicted molar refractivity (Wildman–Crippen MR) is 86.5 cm³/mol. The SMILES string of the molecule is Cn1ccnc1C(O)(CCNC(=O)Cn1cccc(C(F)(F)F)c1=O)C(F)(F)F. The van der Waals surface area contributed by atoms with Gasteiger partial charge < -0.3 is 19.6 Å². The van der Waals surface area contributed by atoms with Gasteiger partial charge in [-0.2, -0.15) is 26.3 Å². The minimum Gasteiger partial charge on any atom is -0.374 e. The zero-order valence-corrected chi connectivity index (χ0v) is 14.9. The Hall–Kier alpha value is -2.83. The highest BCUT2D eigenvalue weighted by molar-refractivity contribution is 5.75. The molecule has 2 heterocycles. The summed E-state index contributed by atoms with van der Waals surface area (Å²) in [6.45, 7) is -1.51.